The van der Waals surface area contributed by atoms with Crippen LogP contribution >= 0.6 is 11.3 Å². The maximum absolute atomic E-state index is 6.18. The molecule has 3 unspecified atom stereocenters. The molecule has 1 rings (SSSR count). The maximum Gasteiger partial charge on any atom is 0.107 e. The highest BCUT2D eigenvalue weighted by atomic mass is 32.1. The summed E-state index contributed by atoms with van der Waals surface area (Å²) in [6.45, 7) is 8.57. The molecule has 0 spiro atoms. The number of nitrogens with two attached hydrogens (primary N) is 1. The molecule has 0 bridgehead atoms. The third-order valence-corrected chi connectivity index (χ3v) is 4.42. The minimum atomic E-state index is 0.0381. The van der Waals surface area contributed by atoms with Gasteiger partial charge >= 0.3 is 0 Å². The molecule has 0 radical (unpaired) electrons. The molecular formula is C16H29NOS. The van der Waals surface area contributed by atoms with Crippen LogP contribution in [0.5, 0.6) is 0 Å². The van der Waals surface area contributed by atoms with Gasteiger partial charge in [-0.1, -0.05) is 32.6 Å². The first-order valence-corrected chi connectivity index (χ1v) is 8.33. The highest BCUT2D eigenvalue weighted by Gasteiger charge is 2.21. The summed E-state index contributed by atoms with van der Waals surface area (Å²) in [5.41, 5.74) is 6.08. The Morgan fingerprint density at radius 3 is 2.47 bits per heavy atom. The fourth-order valence-electron chi connectivity index (χ4n) is 2.23. The lowest BCUT2D eigenvalue weighted by Gasteiger charge is -2.24. The quantitative estimate of drug-likeness (QED) is 0.659. The van der Waals surface area contributed by atoms with Crippen LogP contribution in [0.4, 0.5) is 0 Å². The SMILES string of the molecule is CCCCCCC(C)OC(c1ccc(C)s1)C(C)N. The molecule has 0 aliphatic rings. The van der Waals surface area contributed by atoms with E-state index in [4.69, 9.17) is 10.5 Å². The lowest BCUT2D eigenvalue weighted by atomic mass is 10.1. The molecule has 0 saturated carbocycles. The molecule has 0 aromatic carbocycles. The fraction of sp³-hybridized carbons (Fsp3) is 0.750. The zero-order valence-corrected chi connectivity index (χ0v) is 13.6. The van der Waals surface area contributed by atoms with Crippen molar-refractivity contribution < 1.29 is 4.74 Å². The van der Waals surface area contributed by atoms with Gasteiger partial charge in [0.15, 0.2) is 0 Å². The topological polar surface area (TPSA) is 35.2 Å². The van der Waals surface area contributed by atoms with Gasteiger partial charge in [0.25, 0.3) is 0 Å². The summed E-state index contributed by atoms with van der Waals surface area (Å²) in [4.78, 5) is 2.58. The summed E-state index contributed by atoms with van der Waals surface area (Å²) in [7, 11) is 0. The van der Waals surface area contributed by atoms with Crippen LogP contribution in [0.25, 0.3) is 0 Å². The Morgan fingerprint density at radius 2 is 1.95 bits per heavy atom. The second-order valence-corrected chi connectivity index (χ2v) is 6.84. The molecule has 110 valence electrons. The molecule has 3 atom stereocenters. The summed E-state index contributed by atoms with van der Waals surface area (Å²) in [5, 5.41) is 0. The Balaban J connectivity index is 2.45. The summed E-state index contributed by atoms with van der Waals surface area (Å²) in [5.74, 6) is 0. The minimum Gasteiger partial charge on any atom is -0.368 e. The van der Waals surface area contributed by atoms with Gasteiger partial charge in [-0.15, -0.1) is 11.3 Å². The number of aryl methyl sites for hydroxylation is 1. The predicted molar refractivity (Wildman–Crippen MR) is 84.8 cm³/mol. The minimum absolute atomic E-state index is 0.0381. The average Bonchev–Trinajstić information content (AvgIpc) is 2.78. The van der Waals surface area contributed by atoms with Crippen LogP contribution in [-0.2, 0) is 4.74 Å². The van der Waals surface area contributed by atoms with E-state index in [1.807, 2.05) is 6.92 Å². The van der Waals surface area contributed by atoms with Gasteiger partial charge < -0.3 is 10.5 Å². The van der Waals surface area contributed by atoms with Crippen molar-refractivity contribution in [1.82, 2.24) is 0 Å². The average molecular weight is 283 g/mol. The van der Waals surface area contributed by atoms with E-state index in [2.05, 4.69) is 32.9 Å². The van der Waals surface area contributed by atoms with Gasteiger partial charge in [-0.2, -0.15) is 0 Å². The monoisotopic (exact) mass is 283 g/mol. The molecule has 1 aromatic heterocycles. The summed E-state index contributed by atoms with van der Waals surface area (Å²) >= 11 is 1.79. The molecule has 2 nitrogen and oxygen atoms in total. The molecule has 0 aliphatic carbocycles. The first kappa shape index (κ1) is 16.7. The largest absolute Gasteiger partial charge is 0.368 e. The second kappa shape index (κ2) is 8.72. The Hall–Kier alpha value is -0.380. The standard InChI is InChI=1S/C16H29NOS/c1-5-6-7-8-9-12(2)18-16(14(4)17)15-11-10-13(3)19-15/h10-12,14,16H,5-9,17H2,1-4H3. The molecular weight excluding hydrogens is 254 g/mol. The van der Waals surface area contributed by atoms with Crippen LogP contribution in [0.1, 0.15) is 68.7 Å². The third kappa shape index (κ3) is 6.07. The summed E-state index contributed by atoms with van der Waals surface area (Å²) in [6.07, 6.45) is 6.64. The van der Waals surface area contributed by atoms with Crippen molar-refractivity contribution in [3.05, 3.63) is 21.9 Å². The van der Waals surface area contributed by atoms with Crippen LogP contribution in [0.15, 0.2) is 12.1 Å². The van der Waals surface area contributed by atoms with Crippen molar-refractivity contribution >= 4 is 11.3 Å². The molecule has 0 aliphatic heterocycles. The Kier molecular flexibility index (Phi) is 7.66. The van der Waals surface area contributed by atoms with Crippen molar-refractivity contribution in [2.45, 2.75) is 78.0 Å². The second-order valence-electron chi connectivity index (χ2n) is 5.52. The number of unbranched alkanes of at least 4 members (excludes halogenated alkanes) is 3. The Morgan fingerprint density at radius 1 is 1.21 bits per heavy atom. The van der Waals surface area contributed by atoms with Gasteiger partial charge in [0, 0.05) is 15.8 Å². The third-order valence-electron chi connectivity index (χ3n) is 3.36. The van der Waals surface area contributed by atoms with Crippen LogP contribution in [0, 0.1) is 6.92 Å². The first-order chi connectivity index (χ1) is 9.04. The van der Waals surface area contributed by atoms with E-state index >= 15 is 0 Å². The van der Waals surface area contributed by atoms with E-state index in [1.165, 1.54) is 35.4 Å². The summed E-state index contributed by atoms with van der Waals surface area (Å²) in [6, 6.07) is 4.33. The number of hydrogen-bond donors (Lipinski definition) is 1. The molecule has 0 amide bonds. The predicted octanol–water partition coefficient (Wildman–Crippen LogP) is 4.82. The first-order valence-electron chi connectivity index (χ1n) is 7.52. The number of hydrogen-bond acceptors (Lipinski definition) is 3. The highest BCUT2D eigenvalue weighted by Crippen LogP contribution is 2.29. The normalized spacial score (nSPS) is 16.3. The van der Waals surface area contributed by atoms with Crippen LogP contribution < -0.4 is 5.73 Å². The Labute approximate surface area is 122 Å². The molecule has 3 heteroatoms. The van der Waals surface area contributed by atoms with Crippen molar-refractivity contribution in [3.8, 4) is 0 Å². The van der Waals surface area contributed by atoms with Gasteiger partial charge in [0.1, 0.15) is 6.10 Å². The Bertz CT molecular complexity index is 348. The molecule has 2 N–H and O–H groups in total. The number of thiophene rings is 1. The summed E-state index contributed by atoms with van der Waals surface area (Å²) < 4.78 is 6.18. The molecule has 19 heavy (non-hydrogen) atoms. The van der Waals surface area contributed by atoms with Crippen molar-refractivity contribution in [3.63, 3.8) is 0 Å². The lowest BCUT2D eigenvalue weighted by molar-refractivity contribution is -0.0175. The van der Waals surface area contributed by atoms with E-state index in [0.29, 0.717) is 0 Å². The van der Waals surface area contributed by atoms with Gasteiger partial charge in [0.2, 0.25) is 0 Å². The van der Waals surface area contributed by atoms with Crippen LogP contribution in [-0.4, -0.2) is 12.1 Å². The zero-order chi connectivity index (χ0) is 14.3. The van der Waals surface area contributed by atoms with Crippen LogP contribution in [0.2, 0.25) is 0 Å². The van der Waals surface area contributed by atoms with Crippen molar-refractivity contribution in [2.24, 2.45) is 5.73 Å². The van der Waals surface area contributed by atoms with E-state index in [1.54, 1.807) is 11.3 Å². The van der Waals surface area contributed by atoms with Crippen molar-refractivity contribution in [2.75, 3.05) is 0 Å². The van der Waals surface area contributed by atoms with Gasteiger partial charge in [-0.05, 0) is 39.3 Å². The van der Waals surface area contributed by atoms with E-state index in [9.17, 15) is 0 Å². The number of rotatable bonds is 9. The fourth-order valence-corrected chi connectivity index (χ4v) is 3.26. The van der Waals surface area contributed by atoms with Gasteiger partial charge in [-0.3, -0.25) is 0 Å². The van der Waals surface area contributed by atoms with Gasteiger partial charge in [-0.25, -0.2) is 0 Å². The maximum atomic E-state index is 6.18. The van der Waals surface area contributed by atoms with Crippen LogP contribution in [0.3, 0.4) is 0 Å². The van der Waals surface area contributed by atoms with E-state index < -0.39 is 0 Å². The smallest absolute Gasteiger partial charge is 0.107 e. The van der Waals surface area contributed by atoms with Crippen molar-refractivity contribution in [1.29, 1.82) is 0 Å². The van der Waals surface area contributed by atoms with E-state index in [0.717, 1.165) is 6.42 Å². The molecule has 0 fully saturated rings. The van der Waals surface area contributed by atoms with Gasteiger partial charge in [0.05, 0.1) is 6.10 Å². The zero-order valence-electron chi connectivity index (χ0n) is 12.8. The highest BCUT2D eigenvalue weighted by molar-refractivity contribution is 7.12. The molecule has 1 heterocycles. The lowest BCUT2D eigenvalue weighted by Crippen LogP contribution is -2.29. The number of ether oxygens (including phenoxy) is 1. The molecule has 1 aromatic rings. The van der Waals surface area contributed by atoms with E-state index in [-0.39, 0.29) is 18.2 Å². The molecule has 0 saturated heterocycles.